The standard InChI is InChI=1S/C14H22N2O2S/c1-9-4-7-13(15)11(3)14(9)19(17,18)16-10(2)8-12-5-6-12/h4,7,10,12,16H,5-6,8,15H2,1-3H3. The van der Waals surface area contributed by atoms with Crippen molar-refractivity contribution in [1.29, 1.82) is 0 Å². The maximum Gasteiger partial charge on any atom is 0.241 e. The van der Waals surface area contributed by atoms with Gasteiger partial charge in [-0.25, -0.2) is 13.1 Å². The molecule has 0 amide bonds. The van der Waals surface area contributed by atoms with Gasteiger partial charge >= 0.3 is 0 Å². The summed E-state index contributed by atoms with van der Waals surface area (Å²) in [4.78, 5) is 0.329. The van der Waals surface area contributed by atoms with Gasteiger partial charge in [0.2, 0.25) is 10.0 Å². The predicted octanol–water partition coefficient (Wildman–Crippen LogP) is 2.35. The monoisotopic (exact) mass is 282 g/mol. The first kappa shape index (κ1) is 14.3. The molecule has 4 nitrogen and oxygen atoms in total. The van der Waals surface area contributed by atoms with Crippen LogP contribution < -0.4 is 10.5 Å². The van der Waals surface area contributed by atoms with E-state index >= 15 is 0 Å². The van der Waals surface area contributed by atoms with Crippen molar-refractivity contribution in [2.45, 2.75) is 51.0 Å². The highest BCUT2D eigenvalue weighted by Crippen LogP contribution is 2.34. The van der Waals surface area contributed by atoms with Gasteiger partial charge in [0.15, 0.2) is 0 Å². The molecule has 0 heterocycles. The first-order valence-electron chi connectivity index (χ1n) is 6.69. The Balaban J connectivity index is 2.25. The van der Waals surface area contributed by atoms with Gasteiger partial charge in [0, 0.05) is 11.7 Å². The minimum atomic E-state index is -3.49. The maximum absolute atomic E-state index is 12.5. The van der Waals surface area contributed by atoms with Crippen molar-refractivity contribution in [1.82, 2.24) is 4.72 Å². The Labute approximate surface area is 115 Å². The average molecular weight is 282 g/mol. The van der Waals surface area contributed by atoms with E-state index in [-0.39, 0.29) is 6.04 Å². The first-order valence-corrected chi connectivity index (χ1v) is 8.17. The molecule has 0 aromatic heterocycles. The average Bonchev–Trinajstić information content (AvgIpc) is 3.06. The molecule has 0 spiro atoms. The summed E-state index contributed by atoms with van der Waals surface area (Å²) in [6, 6.07) is 3.47. The van der Waals surface area contributed by atoms with E-state index in [1.165, 1.54) is 12.8 Å². The van der Waals surface area contributed by atoms with Crippen molar-refractivity contribution in [2.24, 2.45) is 5.92 Å². The molecule has 0 aliphatic heterocycles. The third-order valence-electron chi connectivity index (χ3n) is 3.65. The molecule has 1 aromatic carbocycles. The van der Waals surface area contributed by atoms with E-state index < -0.39 is 10.0 Å². The van der Waals surface area contributed by atoms with Crippen LogP contribution in [0.1, 0.15) is 37.3 Å². The van der Waals surface area contributed by atoms with E-state index in [2.05, 4.69) is 4.72 Å². The highest BCUT2D eigenvalue weighted by Gasteiger charge is 2.27. The fourth-order valence-electron chi connectivity index (χ4n) is 2.48. The van der Waals surface area contributed by atoms with Crippen LogP contribution in [-0.2, 0) is 10.0 Å². The van der Waals surface area contributed by atoms with Gasteiger partial charge in [0.05, 0.1) is 4.90 Å². The number of nitrogen functional groups attached to an aromatic ring is 1. The molecular weight excluding hydrogens is 260 g/mol. The van der Waals surface area contributed by atoms with E-state index in [0.29, 0.717) is 22.1 Å². The zero-order valence-electron chi connectivity index (χ0n) is 11.7. The van der Waals surface area contributed by atoms with Crippen LogP contribution in [0, 0.1) is 19.8 Å². The Hall–Kier alpha value is -1.07. The van der Waals surface area contributed by atoms with E-state index in [0.717, 1.165) is 12.0 Å². The molecule has 1 aromatic rings. The van der Waals surface area contributed by atoms with Crippen LogP contribution in [-0.4, -0.2) is 14.5 Å². The second-order valence-corrected chi connectivity index (χ2v) is 7.28. The summed E-state index contributed by atoms with van der Waals surface area (Å²) < 4.78 is 27.7. The smallest absolute Gasteiger partial charge is 0.241 e. The summed E-state index contributed by atoms with van der Waals surface area (Å²) in [6.45, 7) is 5.47. The van der Waals surface area contributed by atoms with Crippen LogP contribution in [0.15, 0.2) is 17.0 Å². The van der Waals surface area contributed by atoms with Gasteiger partial charge in [0.25, 0.3) is 0 Å². The quantitative estimate of drug-likeness (QED) is 0.814. The maximum atomic E-state index is 12.5. The van der Waals surface area contributed by atoms with Crippen molar-refractivity contribution in [3.63, 3.8) is 0 Å². The fraction of sp³-hybridized carbons (Fsp3) is 0.571. The lowest BCUT2D eigenvalue weighted by Gasteiger charge is -2.17. The molecule has 1 saturated carbocycles. The topological polar surface area (TPSA) is 72.2 Å². The van der Waals surface area contributed by atoms with Crippen LogP contribution in [0.3, 0.4) is 0 Å². The fourth-order valence-corrected chi connectivity index (χ4v) is 4.24. The van der Waals surface area contributed by atoms with Gasteiger partial charge < -0.3 is 5.73 Å². The lowest BCUT2D eigenvalue weighted by atomic mass is 10.1. The SMILES string of the molecule is Cc1ccc(N)c(C)c1S(=O)(=O)NC(C)CC1CC1. The zero-order valence-corrected chi connectivity index (χ0v) is 12.5. The molecule has 1 atom stereocenters. The van der Waals surface area contributed by atoms with Crippen molar-refractivity contribution >= 4 is 15.7 Å². The van der Waals surface area contributed by atoms with E-state index in [1.54, 1.807) is 26.0 Å². The number of nitrogens with two attached hydrogens (primary N) is 1. The molecule has 2 rings (SSSR count). The second kappa shape index (κ2) is 5.13. The highest BCUT2D eigenvalue weighted by molar-refractivity contribution is 7.89. The third kappa shape index (κ3) is 3.28. The molecule has 1 fully saturated rings. The summed E-state index contributed by atoms with van der Waals surface area (Å²) in [6.07, 6.45) is 3.37. The normalized spacial score (nSPS) is 17.4. The van der Waals surface area contributed by atoms with Crippen LogP contribution in [0.25, 0.3) is 0 Å². The molecule has 106 valence electrons. The van der Waals surface area contributed by atoms with Crippen molar-refractivity contribution in [3.8, 4) is 0 Å². The number of benzene rings is 1. The van der Waals surface area contributed by atoms with Crippen LogP contribution >= 0.6 is 0 Å². The molecule has 0 radical (unpaired) electrons. The van der Waals surface area contributed by atoms with Crippen LogP contribution in [0.2, 0.25) is 0 Å². The lowest BCUT2D eigenvalue weighted by Crippen LogP contribution is -2.33. The number of hydrogen-bond donors (Lipinski definition) is 2. The van der Waals surface area contributed by atoms with Gasteiger partial charge in [-0.05, 0) is 50.3 Å². The Kier molecular flexibility index (Phi) is 3.87. The largest absolute Gasteiger partial charge is 0.398 e. The van der Waals surface area contributed by atoms with Crippen molar-refractivity contribution in [2.75, 3.05) is 5.73 Å². The molecule has 5 heteroatoms. The molecule has 1 aliphatic carbocycles. The van der Waals surface area contributed by atoms with Gasteiger partial charge in [-0.3, -0.25) is 0 Å². The number of sulfonamides is 1. The molecule has 3 N–H and O–H groups in total. The molecule has 1 unspecified atom stereocenters. The Morgan fingerprint density at radius 2 is 2.00 bits per heavy atom. The number of aryl methyl sites for hydroxylation is 1. The predicted molar refractivity (Wildman–Crippen MR) is 77.5 cm³/mol. The summed E-state index contributed by atoms with van der Waals surface area (Å²) in [5.41, 5.74) is 7.69. The highest BCUT2D eigenvalue weighted by atomic mass is 32.2. The van der Waals surface area contributed by atoms with Crippen LogP contribution in [0.4, 0.5) is 5.69 Å². The number of rotatable bonds is 5. The van der Waals surface area contributed by atoms with Gasteiger partial charge in [-0.15, -0.1) is 0 Å². The molecule has 19 heavy (non-hydrogen) atoms. The van der Waals surface area contributed by atoms with E-state index in [4.69, 9.17) is 5.73 Å². The molecule has 0 saturated heterocycles. The van der Waals surface area contributed by atoms with E-state index in [1.807, 2.05) is 6.92 Å². The second-order valence-electron chi connectivity index (χ2n) is 5.63. The minimum absolute atomic E-state index is 0.0299. The third-order valence-corrected chi connectivity index (χ3v) is 5.53. The van der Waals surface area contributed by atoms with Crippen LogP contribution in [0.5, 0.6) is 0 Å². The number of hydrogen-bond acceptors (Lipinski definition) is 3. The Morgan fingerprint density at radius 3 is 2.58 bits per heavy atom. The molecule has 1 aliphatic rings. The first-order chi connectivity index (χ1) is 8.81. The van der Waals surface area contributed by atoms with Gasteiger partial charge in [0.1, 0.15) is 0 Å². The van der Waals surface area contributed by atoms with Gasteiger partial charge in [-0.2, -0.15) is 0 Å². The van der Waals surface area contributed by atoms with Crippen molar-refractivity contribution in [3.05, 3.63) is 23.3 Å². The molecule has 0 bridgehead atoms. The van der Waals surface area contributed by atoms with Crippen molar-refractivity contribution < 1.29 is 8.42 Å². The lowest BCUT2D eigenvalue weighted by molar-refractivity contribution is 0.529. The summed E-state index contributed by atoms with van der Waals surface area (Å²) in [5.74, 6) is 0.695. The number of anilines is 1. The summed E-state index contributed by atoms with van der Waals surface area (Å²) in [7, 11) is -3.49. The Bertz CT molecular complexity index is 577. The summed E-state index contributed by atoms with van der Waals surface area (Å²) in [5, 5.41) is 0. The minimum Gasteiger partial charge on any atom is -0.398 e. The van der Waals surface area contributed by atoms with Gasteiger partial charge in [-0.1, -0.05) is 18.9 Å². The zero-order chi connectivity index (χ0) is 14.2. The van der Waals surface area contributed by atoms with E-state index in [9.17, 15) is 8.42 Å². The molecular formula is C14H22N2O2S. The summed E-state index contributed by atoms with van der Waals surface area (Å²) >= 11 is 0. The Morgan fingerprint density at radius 1 is 1.37 bits per heavy atom. The number of nitrogens with one attached hydrogen (secondary N) is 1.